The Balaban J connectivity index is 1.91. The summed E-state index contributed by atoms with van der Waals surface area (Å²) in [5, 5.41) is 4.35. The summed E-state index contributed by atoms with van der Waals surface area (Å²) in [6, 6.07) is 1.73. The molecule has 6 nitrogen and oxygen atoms in total. The number of ether oxygens (including phenoxy) is 2. The first-order valence-corrected chi connectivity index (χ1v) is 7.52. The van der Waals surface area contributed by atoms with Crippen LogP contribution in [0.25, 0.3) is 0 Å². The molecule has 0 saturated carbocycles. The third-order valence-corrected chi connectivity index (χ3v) is 3.11. The molecule has 2 aromatic heterocycles. The Labute approximate surface area is 134 Å². The Kier molecular flexibility index (Phi) is 5.74. The maximum Gasteiger partial charge on any atom is 0.264 e. The van der Waals surface area contributed by atoms with Crippen LogP contribution in [-0.4, -0.2) is 21.7 Å². The van der Waals surface area contributed by atoms with E-state index in [1.165, 1.54) is 0 Å². The topological polar surface area (TPSA) is 70.3 Å². The Morgan fingerprint density at radius 2 is 2.09 bits per heavy atom. The van der Waals surface area contributed by atoms with E-state index in [4.69, 9.17) is 25.6 Å². The van der Waals surface area contributed by atoms with Crippen molar-refractivity contribution >= 4 is 11.6 Å². The Morgan fingerprint density at radius 3 is 2.77 bits per heavy atom. The minimum absolute atomic E-state index is 0.175. The highest BCUT2D eigenvalue weighted by atomic mass is 35.5. The highest BCUT2D eigenvalue weighted by molar-refractivity contribution is 6.29. The molecule has 0 fully saturated rings. The molecule has 0 radical (unpaired) electrons. The molecule has 1 atom stereocenters. The fourth-order valence-corrected chi connectivity index (χ4v) is 1.92. The van der Waals surface area contributed by atoms with Gasteiger partial charge in [-0.2, -0.15) is 4.98 Å². The van der Waals surface area contributed by atoms with Crippen molar-refractivity contribution in [2.24, 2.45) is 5.92 Å². The number of aryl methyl sites for hydroxylation is 1. The molecule has 120 valence electrons. The summed E-state index contributed by atoms with van der Waals surface area (Å²) >= 11 is 5.80. The first-order chi connectivity index (χ1) is 10.5. The number of nitrogens with zero attached hydrogens (tertiary/aromatic N) is 3. The molecule has 0 amide bonds. The van der Waals surface area contributed by atoms with Crippen LogP contribution in [0.1, 0.15) is 44.2 Å². The summed E-state index contributed by atoms with van der Waals surface area (Å²) in [6.07, 6.45) is 1.36. The number of aromatic nitrogens is 3. The zero-order chi connectivity index (χ0) is 16.1. The smallest absolute Gasteiger partial charge is 0.264 e. The van der Waals surface area contributed by atoms with Gasteiger partial charge in [0.15, 0.2) is 12.4 Å². The predicted octanol–water partition coefficient (Wildman–Crippen LogP) is 3.74. The van der Waals surface area contributed by atoms with Crippen LogP contribution >= 0.6 is 11.6 Å². The molecule has 0 N–H and O–H groups in total. The molecule has 2 aromatic rings. The third kappa shape index (κ3) is 4.68. The molecule has 7 heteroatoms. The SMILES string of the molecule is Cc1cc(Cl)ncc1OCc1nc([C@H](C)OCC(C)C)no1. The van der Waals surface area contributed by atoms with Gasteiger partial charge in [0.1, 0.15) is 17.0 Å². The van der Waals surface area contributed by atoms with Gasteiger partial charge in [0.25, 0.3) is 5.89 Å². The van der Waals surface area contributed by atoms with Gasteiger partial charge in [-0.1, -0.05) is 30.6 Å². The van der Waals surface area contributed by atoms with Crippen LogP contribution in [-0.2, 0) is 11.3 Å². The summed E-state index contributed by atoms with van der Waals surface area (Å²) < 4.78 is 16.4. The van der Waals surface area contributed by atoms with E-state index in [-0.39, 0.29) is 12.7 Å². The Bertz CT molecular complexity index is 616. The molecule has 0 spiro atoms. The minimum atomic E-state index is -0.209. The molecule has 0 aliphatic rings. The van der Waals surface area contributed by atoms with Gasteiger partial charge in [0.2, 0.25) is 0 Å². The summed E-state index contributed by atoms with van der Waals surface area (Å²) in [4.78, 5) is 8.26. The molecule has 22 heavy (non-hydrogen) atoms. The van der Waals surface area contributed by atoms with Crippen molar-refractivity contribution in [2.45, 2.75) is 40.4 Å². The van der Waals surface area contributed by atoms with Gasteiger partial charge in [-0.3, -0.25) is 0 Å². The molecule has 2 rings (SSSR count). The van der Waals surface area contributed by atoms with Crippen molar-refractivity contribution in [3.8, 4) is 5.75 Å². The number of rotatable bonds is 7. The molecule has 0 aliphatic carbocycles. The van der Waals surface area contributed by atoms with Crippen LogP contribution in [0.4, 0.5) is 0 Å². The average Bonchev–Trinajstić information content (AvgIpc) is 2.92. The fourth-order valence-electron chi connectivity index (χ4n) is 1.70. The van der Waals surface area contributed by atoms with E-state index < -0.39 is 0 Å². The predicted molar refractivity (Wildman–Crippen MR) is 81.8 cm³/mol. The van der Waals surface area contributed by atoms with E-state index in [9.17, 15) is 0 Å². The van der Waals surface area contributed by atoms with Crippen LogP contribution in [0.3, 0.4) is 0 Å². The monoisotopic (exact) mass is 325 g/mol. The van der Waals surface area contributed by atoms with Crippen molar-refractivity contribution in [1.82, 2.24) is 15.1 Å². The Morgan fingerprint density at radius 1 is 1.32 bits per heavy atom. The number of halogens is 1. The Hall–Kier alpha value is -1.66. The minimum Gasteiger partial charge on any atom is -0.482 e. The van der Waals surface area contributed by atoms with Gasteiger partial charge in [-0.05, 0) is 31.4 Å². The molecule has 0 saturated heterocycles. The molecule has 0 aliphatic heterocycles. The molecule has 2 heterocycles. The second-order valence-electron chi connectivity index (χ2n) is 5.48. The molecular weight excluding hydrogens is 306 g/mol. The fraction of sp³-hybridized carbons (Fsp3) is 0.533. The highest BCUT2D eigenvalue weighted by Crippen LogP contribution is 2.20. The molecule has 0 aromatic carbocycles. The number of pyridine rings is 1. The van der Waals surface area contributed by atoms with Crippen LogP contribution in [0.2, 0.25) is 5.15 Å². The van der Waals surface area contributed by atoms with Crippen LogP contribution in [0, 0.1) is 12.8 Å². The molecule has 0 bridgehead atoms. The lowest BCUT2D eigenvalue weighted by atomic mass is 10.2. The molecule has 0 unspecified atom stereocenters. The second-order valence-corrected chi connectivity index (χ2v) is 5.86. The van der Waals surface area contributed by atoms with Crippen LogP contribution < -0.4 is 4.74 Å². The van der Waals surface area contributed by atoms with Crippen LogP contribution in [0.15, 0.2) is 16.8 Å². The maximum absolute atomic E-state index is 5.80. The normalized spacial score (nSPS) is 12.6. The average molecular weight is 326 g/mol. The zero-order valence-corrected chi connectivity index (χ0v) is 13.9. The standard InChI is InChI=1S/C15H20ClN3O3/c1-9(2)7-20-11(4)15-18-14(22-19-15)8-21-12-6-17-13(16)5-10(12)3/h5-6,9,11H,7-8H2,1-4H3/t11-/m0/s1. The van der Waals surface area contributed by atoms with Crippen molar-refractivity contribution in [2.75, 3.05) is 6.61 Å². The summed E-state index contributed by atoms with van der Waals surface area (Å²) in [5.41, 5.74) is 0.897. The van der Waals surface area contributed by atoms with E-state index in [1.54, 1.807) is 12.3 Å². The largest absolute Gasteiger partial charge is 0.482 e. The quantitative estimate of drug-likeness (QED) is 0.722. The van der Waals surface area contributed by atoms with Crippen molar-refractivity contribution in [3.63, 3.8) is 0 Å². The number of hydrogen-bond donors (Lipinski definition) is 0. The van der Waals surface area contributed by atoms with E-state index in [0.717, 1.165) is 5.56 Å². The summed E-state index contributed by atoms with van der Waals surface area (Å²) in [6.45, 7) is 8.79. The lowest BCUT2D eigenvalue weighted by Gasteiger charge is -2.10. The van der Waals surface area contributed by atoms with Crippen molar-refractivity contribution in [1.29, 1.82) is 0 Å². The van der Waals surface area contributed by atoms with Crippen molar-refractivity contribution in [3.05, 3.63) is 34.7 Å². The molecular formula is C15H20ClN3O3. The van der Waals surface area contributed by atoms with Gasteiger partial charge in [-0.25, -0.2) is 4.98 Å². The summed E-state index contributed by atoms with van der Waals surface area (Å²) in [7, 11) is 0. The van der Waals surface area contributed by atoms with E-state index in [2.05, 4.69) is 29.0 Å². The maximum atomic E-state index is 5.80. The van der Waals surface area contributed by atoms with E-state index >= 15 is 0 Å². The highest BCUT2D eigenvalue weighted by Gasteiger charge is 2.15. The zero-order valence-electron chi connectivity index (χ0n) is 13.2. The van der Waals surface area contributed by atoms with E-state index in [1.807, 2.05) is 13.8 Å². The number of hydrogen-bond acceptors (Lipinski definition) is 6. The van der Waals surface area contributed by atoms with E-state index in [0.29, 0.717) is 35.1 Å². The third-order valence-electron chi connectivity index (χ3n) is 2.91. The van der Waals surface area contributed by atoms with Crippen molar-refractivity contribution < 1.29 is 14.0 Å². The van der Waals surface area contributed by atoms with Crippen LogP contribution in [0.5, 0.6) is 5.75 Å². The van der Waals surface area contributed by atoms with Gasteiger partial charge >= 0.3 is 0 Å². The summed E-state index contributed by atoms with van der Waals surface area (Å²) in [5.74, 6) is 2.00. The van der Waals surface area contributed by atoms with Gasteiger partial charge < -0.3 is 14.0 Å². The second kappa shape index (κ2) is 7.56. The lowest BCUT2D eigenvalue weighted by Crippen LogP contribution is -2.08. The first kappa shape index (κ1) is 16.7. The first-order valence-electron chi connectivity index (χ1n) is 7.14. The van der Waals surface area contributed by atoms with Gasteiger partial charge in [0, 0.05) is 6.61 Å². The lowest BCUT2D eigenvalue weighted by molar-refractivity contribution is 0.0402. The van der Waals surface area contributed by atoms with Gasteiger partial charge in [0.05, 0.1) is 6.20 Å². The van der Waals surface area contributed by atoms with Gasteiger partial charge in [-0.15, -0.1) is 0 Å².